The first-order valence-corrected chi connectivity index (χ1v) is 16.8. The molecule has 37 heavy (non-hydrogen) atoms. The van der Waals surface area contributed by atoms with Crippen LogP contribution >= 0.6 is 74.4 Å². The van der Waals surface area contributed by atoms with Crippen LogP contribution in [0.3, 0.4) is 0 Å². The lowest BCUT2D eigenvalue weighted by molar-refractivity contribution is 0.194. The number of nitrogens with zero attached hydrogens (tertiary/aromatic N) is 1. The predicted molar refractivity (Wildman–Crippen MR) is 156 cm³/mol. The molecule has 7 N–H and O–H groups in total. The van der Waals surface area contributed by atoms with E-state index in [1.54, 1.807) is 0 Å². The van der Waals surface area contributed by atoms with Crippen molar-refractivity contribution in [2.45, 2.75) is 12.8 Å². The third kappa shape index (κ3) is 33.6. The number of halogens is 5. The van der Waals surface area contributed by atoms with Crippen LogP contribution < -0.4 is 21.3 Å². The van der Waals surface area contributed by atoms with Gasteiger partial charge in [0.25, 0.3) is 0 Å². The fourth-order valence-electron chi connectivity index (χ4n) is 2.39. The third-order valence-electron chi connectivity index (χ3n) is 4.05. The number of phosphoric ester groups is 1. The van der Waals surface area contributed by atoms with E-state index in [1.165, 1.54) is 4.67 Å². The van der Waals surface area contributed by atoms with E-state index >= 15 is 0 Å². The molecule has 0 bridgehead atoms. The van der Waals surface area contributed by atoms with Crippen molar-refractivity contribution in [1.29, 1.82) is 0 Å². The van der Waals surface area contributed by atoms with Gasteiger partial charge in [0.1, 0.15) is 0 Å². The summed E-state index contributed by atoms with van der Waals surface area (Å²) in [4.78, 5) is 26.3. The van der Waals surface area contributed by atoms with Crippen molar-refractivity contribution in [2.75, 3.05) is 102 Å². The van der Waals surface area contributed by atoms with Gasteiger partial charge >= 0.3 is 15.6 Å². The third-order valence-corrected chi connectivity index (χ3v) is 6.94. The lowest BCUT2D eigenvalue weighted by Gasteiger charge is -2.24. The maximum absolute atomic E-state index is 11.7. The van der Waals surface area contributed by atoms with Gasteiger partial charge in [-0.3, -0.25) is 9.05 Å². The molecule has 1 atom stereocenters. The van der Waals surface area contributed by atoms with Crippen LogP contribution in [0.5, 0.6) is 0 Å². The second-order valence-corrected chi connectivity index (χ2v) is 11.6. The molecule has 1 aliphatic heterocycles. The molecule has 1 aliphatic rings. The van der Waals surface area contributed by atoms with E-state index in [9.17, 15) is 14.0 Å². The molecule has 1 heterocycles. The molecular weight excluding hydrogens is 637 g/mol. The van der Waals surface area contributed by atoms with Crippen molar-refractivity contribution in [3.05, 3.63) is 0 Å². The molecule has 1 rings (SSSR count). The van der Waals surface area contributed by atoms with Crippen molar-refractivity contribution in [2.24, 2.45) is 0 Å². The molecule has 0 aliphatic carbocycles. The Bertz CT molecular complexity index is 573. The highest BCUT2D eigenvalue weighted by Crippen LogP contribution is 2.46. The minimum Gasteiger partial charge on any atom is -0.315 e. The van der Waals surface area contributed by atoms with Gasteiger partial charge in [-0.2, -0.15) is 0 Å². The molecule has 0 aromatic carbocycles. The number of rotatable bonds is 16. The highest BCUT2D eigenvalue weighted by Gasteiger charge is 2.29. The van der Waals surface area contributed by atoms with E-state index in [0.717, 1.165) is 45.7 Å². The Morgan fingerprint density at radius 1 is 0.919 bits per heavy atom. The Balaban J connectivity index is -0.000000491. The number of hydrogen-bond donors (Lipinski definition) is 7. The summed E-state index contributed by atoms with van der Waals surface area (Å²) < 4.78 is 32.5. The van der Waals surface area contributed by atoms with Crippen LogP contribution in [0, 0.1) is 0 Å². The second-order valence-electron chi connectivity index (χ2n) is 7.06. The number of nitrogens with one attached hydrogen (secondary N) is 4. The molecule has 1 saturated heterocycles. The zero-order valence-corrected chi connectivity index (χ0v) is 26.6. The van der Waals surface area contributed by atoms with Crippen LogP contribution in [0.2, 0.25) is 0 Å². The summed E-state index contributed by atoms with van der Waals surface area (Å²) in [7, 11) is -7.89. The average molecular weight is 682 g/mol. The van der Waals surface area contributed by atoms with Crippen molar-refractivity contribution < 1.29 is 32.9 Å². The first-order chi connectivity index (χ1) is 17.1. The molecule has 0 aromatic heterocycles. The van der Waals surface area contributed by atoms with E-state index in [1.807, 2.05) is 0 Å². The Morgan fingerprint density at radius 3 is 1.97 bits per heavy atom. The van der Waals surface area contributed by atoms with Crippen molar-refractivity contribution in [3.63, 3.8) is 0 Å². The maximum Gasteiger partial charge on any atom is 0.469 e. The van der Waals surface area contributed by atoms with Gasteiger partial charge in [-0.1, -0.05) is 0 Å². The van der Waals surface area contributed by atoms with Crippen LogP contribution in [-0.2, 0) is 18.2 Å². The highest BCUT2D eigenvalue weighted by atomic mass is 35.5. The fourth-order valence-corrected chi connectivity index (χ4v) is 4.72. The lowest BCUT2D eigenvalue weighted by Crippen LogP contribution is -2.30. The van der Waals surface area contributed by atoms with E-state index < -0.39 is 15.6 Å². The first-order valence-electron chi connectivity index (χ1n) is 11.6. The van der Waals surface area contributed by atoms with Crippen LogP contribution in [0.15, 0.2) is 0 Å². The van der Waals surface area contributed by atoms with E-state index in [-0.39, 0.29) is 19.0 Å². The van der Waals surface area contributed by atoms with Gasteiger partial charge in [-0.05, 0) is 25.9 Å². The lowest BCUT2D eigenvalue weighted by atomic mass is 10.4. The van der Waals surface area contributed by atoms with Gasteiger partial charge in [-0.25, -0.2) is 13.8 Å². The summed E-state index contributed by atoms with van der Waals surface area (Å²) in [6.45, 7) is 7.51. The van der Waals surface area contributed by atoms with Crippen molar-refractivity contribution in [3.8, 4) is 0 Å². The van der Waals surface area contributed by atoms with Gasteiger partial charge in [-0.15, -0.1) is 58.8 Å². The van der Waals surface area contributed by atoms with Gasteiger partial charge in [0.2, 0.25) is 0 Å². The molecule has 0 spiro atoms. The SMILES string of the molecule is Cl.ClCCNCCCl.O=P(O)(O)OCCCNCCNCCCl.O=P1(O)OCCCNCCN1CCCl. The average Bonchev–Trinajstić information content (AvgIpc) is 2.89. The minimum atomic E-state index is -4.29. The molecule has 1 fully saturated rings. The van der Waals surface area contributed by atoms with Crippen molar-refractivity contribution >= 4 is 74.4 Å². The standard InChI is InChI=1S/C7H18ClN2O4P.C7H16ClN2O3P.C4H9Cl2N.ClH/c8-2-4-10-6-5-9-3-1-7-14-15(11,12)13;8-2-5-10-6-4-9-3-1-7-13-14(10,11)12;5-1-3-7-4-2-6;/h9-10H,1-7H2,(H2,11,12,13);9H,1-7H2,(H,11,12);7H,1-4H2;1H. The Morgan fingerprint density at radius 2 is 1.46 bits per heavy atom. The fraction of sp³-hybridized carbons (Fsp3) is 1.00. The van der Waals surface area contributed by atoms with Gasteiger partial charge < -0.3 is 35.9 Å². The predicted octanol–water partition coefficient (Wildman–Crippen LogP) is 2.02. The molecule has 19 heteroatoms. The summed E-state index contributed by atoms with van der Waals surface area (Å²) >= 11 is 21.7. The molecule has 12 nitrogen and oxygen atoms in total. The summed E-state index contributed by atoms with van der Waals surface area (Å²) in [6.07, 6.45) is 1.32. The number of hydrogen-bond acceptors (Lipinski definition) is 8. The minimum absolute atomic E-state index is 0. The highest BCUT2D eigenvalue weighted by molar-refractivity contribution is 7.50. The van der Waals surface area contributed by atoms with Crippen molar-refractivity contribution in [1.82, 2.24) is 25.9 Å². The van der Waals surface area contributed by atoms with Crippen LogP contribution in [0.1, 0.15) is 12.8 Å². The second kappa shape index (κ2) is 30.5. The first kappa shape index (κ1) is 43.0. The molecular formula is C18H44Cl5N5O7P2. The Kier molecular flexibility index (Phi) is 35.4. The molecule has 0 radical (unpaired) electrons. The quantitative estimate of drug-likeness (QED) is 0.0722. The topological polar surface area (TPSA) is 165 Å². The normalized spacial score (nSPS) is 18.7. The number of phosphoric acid groups is 1. The molecule has 0 aromatic rings. The smallest absolute Gasteiger partial charge is 0.315 e. The summed E-state index contributed by atoms with van der Waals surface area (Å²) in [6, 6.07) is 0. The van der Waals surface area contributed by atoms with Crippen LogP contribution in [-0.4, -0.2) is 122 Å². The van der Waals surface area contributed by atoms with Crippen LogP contribution in [0.25, 0.3) is 0 Å². The van der Waals surface area contributed by atoms with E-state index in [2.05, 4.69) is 25.8 Å². The summed E-state index contributed by atoms with van der Waals surface area (Å²) in [5.74, 6) is 2.25. The van der Waals surface area contributed by atoms with E-state index in [4.69, 9.17) is 60.7 Å². The molecule has 228 valence electrons. The van der Waals surface area contributed by atoms with Gasteiger partial charge in [0, 0.05) is 75.9 Å². The number of alkyl halides is 4. The maximum atomic E-state index is 11.7. The largest absolute Gasteiger partial charge is 0.469 e. The van der Waals surface area contributed by atoms with Gasteiger partial charge in [0.05, 0.1) is 13.2 Å². The Labute approximate surface area is 247 Å². The molecule has 0 amide bonds. The van der Waals surface area contributed by atoms with Crippen LogP contribution in [0.4, 0.5) is 0 Å². The zero-order chi connectivity index (χ0) is 27.5. The summed E-state index contributed by atoms with van der Waals surface area (Å²) in [5, 5.41) is 12.4. The van der Waals surface area contributed by atoms with E-state index in [0.29, 0.717) is 62.7 Å². The molecule has 0 saturated carbocycles. The monoisotopic (exact) mass is 679 g/mol. The molecule has 1 unspecified atom stereocenters. The zero-order valence-electron chi connectivity index (χ0n) is 21.0. The summed E-state index contributed by atoms with van der Waals surface area (Å²) in [5.41, 5.74) is 0. The Hall–Kier alpha value is 1.51. The van der Waals surface area contributed by atoms with Gasteiger partial charge in [0.15, 0.2) is 0 Å².